The minimum Gasteiger partial charge on any atom is -0.380 e. The lowest BCUT2D eigenvalue weighted by molar-refractivity contribution is -0.111. The molecule has 0 spiro atoms. The van der Waals surface area contributed by atoms with Gasteiger partial charge in [0.05, 0.1) is 19.5 Å². The number of hydrogen-bond acceptors (Lipinski definition) is 4. The Morgan fingerprint density at radius 3 is 2.64 bits per heavy atom. The summed E-state index contributed by atoms with van der Waals surface area (Å²) >= 11 is 0. The van der Waals surface area contributed by atoms with Gasteiger partial charge in [-0.2, -0.15) is 0 Å². The van der Waals surface area contributed by atoms with E-state index in [1.165, 1.54) is 28.4 Å². The zero-order valence-corrected chi connectivity index (χ0v) is 15.2. The molecule has 0 amide bonds. The van der Waals surface area contributed by atoms with Crippen LogP contribution in [0.3, 0.4) is 0 Å². The van der Waals surface area contributed by atoms with Crippen LogP contribution in [0.25, 0.3) is 11.2 Å². The van der Waals surface area contributed by atoms with Gasteiger partial charge in [-0.25, -0.2) is 9.78 Å². The van der Waals surface area contributed by atoms with Crippen molar-refractivity contribution in [1.29, 1.82) is 0 Å². The summed E-state index contributed by atoms with van der Waals surface area (Å²) in [6, 6.07) is 0. The predicted molar refractivity (Wildman–Crippen MR) is 94.7 cm³/mol. The van der Waals surface area contributed by atoms with E-state index in [0.717, 1.165) is 12.5 Å². The molecule has 1 aliphatic heterocycles. The molecule has 7 heteroatoms. The maximum atomic E-state index is 13.1. The number of ether oxygens (including phenoxy) is 1. The Hall–Kier alpha value is -1.89. The molecule has 0 aromatic carbocycles. The van der Waals surface area contributed by atoms with E-state index in [2.05, 4.69) is 11.9 Å². The van der Waals surface area contributed by atoms with Crippen molar-refractivity contribution in [1.82, 2.24) is 18.7 Å². The highest BCUT2D eigenvalue weighted by atomic mass is 16.5. The summed E-state index contributed by atoms with van der Waals surface area (Å²) in [4.78, 5) is 30.1. The fourth-order valence-corrected chi connectivity index (χ4v) is 3.99. The van der Waals surface area contributed by atoms with Crippen LogP contribution in [0.15, 0.2) is 15.9 Å². The molecular weight excluding hydrogens is 320 g/mol. The van der Waals surface area contributed by atoms with E-state index in [4.69, 9.17) is 4.74 Å². The molecule has 1 atom stereocenters. The monoisotopic (exact) mass is 346 g/mol. The number of imidazole rings is 1. The zero-order valence-electron chi connectivity index (χ0n) is 15.2. The van der Waals surface area contributed by atoms with Gasteiger partial charge in [0.1, 0.15) is 0 Å². The van der Waals surface area contributed by atoms with Gasteiger partial charge in [0.25, 0.3) is 5.56 Å². The van der Waals surface area contributed by atoms with Gasteiger partial charge in [0, 0.05) is 25.6 Å². The lowest BCUT2D eigenvalue weighted by Crippen LogP contribution is -2.50. The molecule has 1 saturated heterocycles. The van der Waals surface area contributed by atoms with Crippen molar-refractivity contribution < 1.29 is 4.74 Å². The van der Waals surface area contributed by atoms with Gasteiger partial charge in [-0.05, 0) is 11.8 Å². The summed E-state index contributed by atoms with van der Waals surface area (Å²) in [5, 5.41) is 0. The fourth-order valence-electron chi connectivity index (χ4n) is 3.99. The van der Waals surface area contributed by atoms with E-state index < -0.39 is 0 Å². The number of aryl methyl sites for hydroxylation is 1. The van der Waals surface area contributed by atoms with Gasteiger partial charge in [-0.15, -0.1) is 0 Å². The summed E-state index contributed by atoms with van der Waals surface area (Å²) in [7, 11) is 1.69. The van der Waals surface area contributed by atoms with Crippen LogP contribution in [0.2, 0.25) is 0 Å². The molecule has 4 rings (SSSR count). The Labute approximate surface area is 146 Å². The van der Waals surface area contributed by atoms with E-state index in [0.29, 0.717) is 36.8 Å². The summed E-state index contributed by atoms with van der Waals surface area (Å²) < 4.78 is 10.1. The molecule has 136 valence electrons. The molecule has 2 aromatic heterocycles. The molecule has 25 heavy (non-hydrogen) atoms. The summed E-state index contributed by atoms with van der Waals surface area (Å²) in [6.07, 6.45) is 5.56. The zero-order chi connectivity index (χ0) is 17.8. The maximum absolute atomic E-state index is 13.1. The van der Waals surface area contributed by atoms with Crippen LogP contribution in [0.4, 0.5) is 0 Å². The quantitative estimate of drug-likeness (QED) is 0.820. The second-order valence-corrected chi connectivity index (χ2v) is 8.27. The van der Waals surface area contributed by atoms with Gasteiger partial charge in [-0.1, -0.05) is 33.1 Å². The largest absolute Gasteiger partial charge is 0.380 e. The third-order valence-electron chi connectivity index (χ3n) is 5.98. The van der Waals surface area contributed by atoms with Crippen LogP contribution < -0.4 is 11.2 Å². The highest BCUT2D eigenvalue weighted by Gasteiger charge is 2.35. The number of rotatable bonds is 5. The maximum Gasteiger partial charge on any atom is 0.332 e. The van der Waals surface area contributed by atoms with Crippen LogP contribution in [-0.4, -0.2) is 31.9 Å². The number of aromatic nitrogens is 4. The Balaban J connectivity index is 1.77. The third-order valence-corrected chi connectivity index (χ3v) is 5.98. The molecule has 0 radical (unpaired) electrons. The molecule has 3 heterocycles. The second kappa shape index (κ2) is 5.83. The van der Waals surface area contributed by atoms with Gasteiger partial charge in [0.15, 0.2) is 11.2 Å². The summed E-state index contributed by atoms with van der Waals surface area (Å²) in [5.41, 5.74) is 0.333. The Morgan fingerprint density at radius 1 is 1.36 bits per heavy atom. The Bertz CT molecular complexity index is 915. The molecule has 0 bridgehead atoms. The van der Waals surface area contributed by atoms with Gasteiger partial charge >= 0.3 is 5.69 Å². The van der Waals surface area contributed by atoms with Crippen LogP contribution >= 0.6 is 0 Å². The molecule has 1 unspecified atom stereocenters. The lowest BCUT2D eigenvalue weighted by atomic mass is 9.77. The first-order valence-electron chi connectivity index (χ1n) is 9.12. The molecule has 1 saturated carbocycles. The SMILES string of the molecule is CC(Cn1cnc2c1c(=O)n(CC1(C)COC1)c(=O)n2C)C1CCC1. The molecule has 1 aliphatic carbocycles. The number of nitrogens with zero attached hydrogens (tertiary/aromatic N) is 4. The van der Waals surface area contributed by atoms with Gasteiger partial charge in [0.2, 0.25) is 0 Å². The normalized spacial score (nSPS) is 21.1. The molecule has 2 fully saturated rings. The molecule has 7 nitrogen and oxygen atoms in total. The van der Waals surface area contributed by atoms with Crippen molar-refractivity contribution in [2.75, 3.05) is 13.2 Å². The van der Waals surface area contributed by atoms with E-state index in [9.17, 15) is 9.59 Å². The Kier molecular flexibility index (Phi) is 3.86. The standard InChI is InChI=1S/C18H26N4O3/c1-12(13-5-4-6-13)7-21-11-19-15-14(21)16(23)22(17(24)20(15)3)8-18(2)9-25-10-18/h11-13H,4-10H2,1-3H3. The second-order valence-electron chi connectivity index (χ2n) is 8.27. The smallest absolute Gasteiger partial charge is 0.332 e. The number of fused-ring (bicyclic) bond motifs is 1. The van der Waals surface area contributed by atoms with Gasteiger partial charge in [-0.3, -0.25) is 13.9 Å². The highest BCUT2D eigenvalue weighted by molar-refractivity contribution is 5.69. The van der Waals surface area contributed by atoms with E-state index in [1.54, 1.807) is 13.4 Å². The van der Waals surface area contributed by atoms with Crippen molar-refractivity contribution in [2.24, 2.45) is 24.3 Å². The van der Waals surface area contributed by atoms with Crippen molar-refractivity contribution in [3.63, 3.8) is 0 Å². The van der Waals surface area contributed by atoms with Crippen molar-refractivity contribution in [3.05, 3.63) is 27.2 Å². The summed E-state index contributed by atoms with van der Waals surface area (Å²) in [5.74, 6) is 1.24. The first-order valence-corrected chi connectivity index (χ1v) is 9.12. The predicted octanol–water partition coefficient (Wildman–Crippen LogP) is 1.37. The Morgan fingerprint density at radius 2 is 2.08 bits per heavy atom. The van der Waals surface area contributed by atoms with Crippen LogP contribution in [0, 0.1) is 17.3 Å². The molecular formula is C18H26N4O3. The lowest BCUT2D eigenvalue weighted by Gasteiger charge is -2.38. The van der Waals surface area contributed by atoms with E-state index in [1.807, 2.05) is 11.5 Å². The van der Waals surface area contributed by atoms with E-state index in [-0.39, 0.29) is 16.7 Å². The van der Waals surface area contributed by atoms with Crippen LogP contribution in [0.1, 0.15) is 33.1 Å². The van der Waals surface area contributed by atoms with Crippen LogP contribution in [0.5, 0.6) is 0 Å². The van der Waals surface area contributed by atoms with Crippen molar-refractivity contribution >= 4 is 11.2 Å². The van der Waals surface area contributed by atoms with Gasteiger partial charge < -0.3 is 9.30 Å². The first kappa shape index (κ1) is 16.6. The molecule has 0 N–H and O–H groups in total. The van der Waals surface area contributed by atoms with Crippen molar-refractivity contribution in [2.45, 2.75) is 46.2 Å². The van der Waals surface area contributed by atoms with E-state index >= 15 is 0 Å². The minimum atomic E-state index is -0.303. The van der Waals surface area contributed by atoms with Crippen molar-refractivity contribution in [3.8, 4) is 0 Å². The average Bonchev–Trinajstić information content (AvgIpc) is 2.89. The molecule has 2 aromatic rings. The fraction of sp³-hybridized carbons (Fsp3) is 0.722. The third kappa shape index (κ3) is 2.65. The minimum absolute atomic E-state index is 0.145. The molecule has 2 aliphatic rings. The first-order chi connectivity index (χ1) is 11.9. The van der Waals surface area contributed by atoms with Crippen LogP contribution in [-0.2, 0) is 24.9 Å². The topological polar surface area (TPSA) is 71.1 Å². The average molecular weight is 346 g/mol. The highest BCUT2D eigenvalue weighted by Crippen LogP contribution is 2.34. The number of hydrogen-bond donors (Lipinski definition) is 0. The summed E-state index contributed by atoms with van der Waals surface area (Å²) in [6.45, 7) is 6.61.